The molecule has 0 aliphatic heterocycles. The lowest BCUT2D eigenvalue weighted by atomic mass is 10.2. The van der Waals surface area contributed by atoms with Gasteiger partial charge in [0, 0.05) is 8.04 Å². The van der Waals surface area contributed by atoms with Crippen molar-refractivity contribution in [2.45, 2.75) is 11.8 Å². The monoisotopic (exact) mass is 451 g/mol. The predicted molar refractivity (Wildman–Crippen MR) is 88.8 cm³/mol. The van der Waals surface area contributed by atoms with Gasteiger partial charge in [0.25, 0.3) is 10.0 Å². The minimum Gasteiger partial charge on any atom is -0.279 e. The van der Waals surface area contributed by atoms with Crippen molar-refractivity contribution >= 4 is 54.2 Å². The molecule has 0 bridgehead atoms. The molecule has 0 unspecified atom stereocenters. The number of hydrogen-bond acceptors (Lipinski definition) is 2. The number of hydrogen-bond donors (Lipinski definition) is 1. The van der Waals surface area contributed by atoms with Gasteiger partial charge in [-0.2, -0.15) is 0 Å². The molecule has 0 amide bonds. The molecule has 0 aromatic heterocycles. The van der Waals surface area contributed by atoms with E-state index in [0.717, 1.165) is 13.6 Å². The third kappa shape index (κ3) is 3.70. The predicted octanol–water partition coefficient (Wildman–Crippen LogP) is 4.16. The van der Waals surface area contributed by atoms with Crippen molar-refractivity contribution in [2.75, 3.05) is 4.72 Å². The maximum atomic E-state index is 12.2. The second-order valence-electron chi connectivity index (χ2n) is 4.04. The van der Waals surface area contributed by atoms with E-state index in [-0.39, 0.29) is 4.90 Å². The molecule has 0 heterocycles. The Kier molecular flexibility index (Phi) is 4.52. The molecule has 0 radical (unpaired) electrons. The number of halogens is 2. The summed E-state index contributed by atoms with van der Waals surface area (Å²) in [7, 11) is -3.54. The van der Waals surface area contributed by atoms with E-state index in [2.05, 4.69) is 43.2 Å². The van der Waals surface area contributed by atoms with E-state index in [1.807, 2.05) is 13.0 Å². The zero-order valence-corrected chi connectivity index (χ0v) is 14.6. The van der Waals surface area contributed by atoms with Crippen LogP contribution >= 0.6 is 38.5 Å². The van der Waals surface area contributed by atoms with Crippen molar-refractivity contribution in [2.24, 2.45) is 0 Å². The van der Waals surface area contributed by atoms with Crippen LogP contribution in [0.25, 0.3) is 0 Å². The van der Waals surface area contributed by atoms with Gasteiger partial charge < -0.3 is 0 Å². The summed E-state index contributed by atoms with van der Waals surface area (Å²) >= 11 is 5.44. The fourth-order valence-electron chi connectivity index (χ4n) is 1.49. The maximum Gasteiger partial charge on any atom is 0.261 e. The maximum absolute atomic E-state index is 12.2. The number of rotatable bonds is 3. The first-order valence-electron chi connectivity index (χ1n) is 5.43. The van der Waals surface area contributed by atoms with E-state index in [1.165, 1.54) is 0 Å². The molecule has 2 aromatic rings. The summed E-state index contributed by atoms with van der Waals surface area (Å²) in [6.07, 6.45) is 0. The van der Waals surface area contributed by atoms with Crippen LogP contribution in [0.4, 0.5) is 5.69 Å². The van der Waals surface area contributed by atoms with Crippen LogP contribution in [0.5, 0.6) is 0 Å². The zero-order chi connectivity index (χ0) is 14.0. The van der Waals surface area contributed by atoms with Crippen LogP contribution in [0, 0.1) is 10.5 Å². The first kappa shape index (κ1) is 14.8. The molecule has 2 aromatic carbocycles. The molecule has 0 aliphatic rings. The molecular formula is C13H11BrINO2S. The number of sulfonamides is 1. The van der Waals surface area contributed by atoms with Crippen LogP contribution in [0.3, 0.4) is 0 Å². The van der Waals surface area contributed by atoms with Crippen molar-refractivity contribution in [1.29, 1.82) is 0 Å². The summed E-state index contributed by atoms with van der Waals surface area (Å²) in [5.74, 6) is 0. The summed E-state index contributed by atoms with van der Waals surface area (Å²) in [4.78, 5) is 0.261. The van der Waals surface area contributed by atoms with Crippen LogP contribution in [0.15, 0.2) is 51.8 Å². The SMILES string of the molecule is Cc1ccc(S(=O)(=O)Nc2ccc(Br)cc2I)cc1. The Morgan fingerprint density at radius 2 is 1.74 bits per heavy atom. The minimum absolute atomic E-state index is 0.261. The first-order valence-corrected chi connectivity index (χ1v) is 8.78. The van der Waals surface area contributed by atoms with Crippen LogP contribution in [0.2, 0.25) is 0 Å². The molecule has 1 N–H and O–H groups in total. The van der Waals surface area contributed by atoms with Gasteiger partial charge >= 0.3 is 0 Å². The van der Waals surface area contributed by atoms with Crippen molar-refractivity contribution in [3.8, 4) is 0 Å². The molecule has 2 rings (SSSR count). The third-order valence-electron chi connectivity index (χ3n) is 2.51. The summed E-state index contributed by atoms with van der Waals surface area (Å²) in [5.41, 5.74) is 1.60. The second-order valence-corrected chi connectivity index (χ2v) is 7.80. The Morgan fingerprint density at radius 1 is 1.11 bits per heavy atom. The number of benzene rings is 2. The number of nitrogens with one attached hydrogen (secondary N) is 1. The topological polar surface area (TPSA) is 46.2 Å². The average Bonchev–Trinajstić information content (AvgIpc) is 2.33. The van der Waals surface area contributed by atoms with Crippen molar-refractivity contribution in [1.82, 2.24) is 0 Å². The van der Waals surface area contributed by atoms with E-state index >= 15 is 0 Å². The lowest BCUT2D eigenvalue weighted by Crippen LogP contribution is -2.13. The lowest BCUT2D eigenvalue weighted by molar-refractivity contribution is 0.601. The Balaban J connectivity index is 2.33. The zero-order valence-electron chi connectivity index (χ0n) is 10.0. The van der Waals surface area contributed by atoms with Crippen molar-refractivity contribution < 1.29 is 8.42 Å². The van der Waals surface area contributed by atoms with Gasteiger partial charge in [0.05, 0.1) is 10.6 Å². The highest BCUT2D eigenvalue weighted by molar-refractivity contribution is 14.1. The van der Waals surface area contributed by atoms with Crippen LogP contribution in [-0.4, -0.2) is 8.42 Å². The second kappa shape index (κ2) is 5.80. The van der Waals surface area contributed by atoms with E-state index < -0.39 is 10.0 Å². The van der Waals surface area contributed by atoms with Gasteiger partial charge in [-0.25, -0.2) is 8.42 Å². The molecule has 0 saturated carbocycles. The standard InChI is InChI=1S/C13H11BrINO2S/c1-9-2-5-11(6-3-9)19(17,18)16-13-7-4-10(14)8-12(13)15/h2-8,16H,1H3. The van der Waals surface area contributed by atoms with Gasteiger partial charge in [-0.05, 0) is 59.8 Å². The summed E-state index contributed by atoms with van der Waals surface area (Å²) in [6, 6.07) is 12.1. The Morgan fingerprint density at radius 3 is 2.32 bits per heavy atom. The molecule has 0 fully saturated rings. The summed E-state index contributed by atoms with van der Waals surface area (Å²) in [6.45, 7) is 1.92. The lowest BCUT2D eigenvalue weighted by Gasteiger charge is -2.10. The van der Waals surface area contributed by atoms with Crippen molar-refractivity contribution in [3.05, 3.63) is 56.1 Å². The highest BCUT2D eigenvalue weighted by atomic mass is 127. The van der Waals surface area contributed by atoms with Crippen LogP contribution in [0.1, 0.15) is 5.56 Å². The van der Waals surface area contributed by atoms with Gasteiger partial charge in [-0.15, -0.1) is 0 Å². The summed E-state index contributed by atoms with van der Waals surface area (Å²) < 4.78 is 28.8. The minimum atomic E-state index is -3.54. The molecule has 19 heavy (non-hydrogen) atoms. The molecule has 0 aliphatic carbocycles. The molecule has 0 spiro atoms. The molecule has 0 saturated heterocycles. The van der Waals surface area contributed by atoms with E-state index in [0.29, 0.717) is 5.69 Å². The fourth-order valence-corrected chi connectivity index (χ4v) is 4.20. The molecule has 100 valence electrons. The molecular weight excluding hydrogens is 441 g/mol. The van der Waals surface area contributed by atoms with E-state index in [4.69, 9.17) is 0 Å². The van der Waals surface area contributed by atoms with Gasteiger partial charge in [0.2, 0.25) is 0 Å². The van der Waals surface area contributed by atoms with Gasteiger partial charge in [-0.3, -0.25) is 4.72 Å². The fraction of sp³-hybridized carbons (Fsp3) is 0.0769. The normalized spacial score (nSPS) is 11.3. The van der Waals surface area contributed by atoms with Crippen LogP contribution < -0.4 is 4.72 Å². The Labute approximate surface area is 134 Å². The van der Waals surface area contributed by atoms with Crippen molar-refractivity contribution in [3.63, 3.8) is 0 Å². The van der Waals surface area contributed by atoms with Gasteiger partial charge in [0.15, 0.2) is 0 Å². The quantitative estimate of drug-likeness (QED) is 0.712. The van der Waals surface area contributed by atoms with Gasteiger partial charge in [0.1, 0.15) is 0 Å². The van der Waals surface area contributed by atoms with Crippen LogP contribution in [-0.2, 0) is 10.0 Å². The molecule has 0 atom stereocenters. The molecule has 3 nitrogen and oxygen atoms in total. The number of anilines is 1. The highest BCUT2D eigenvalue weighted by Gasteiger charge is 2.15. The molecule has 6 heteroatoms. The summed E-state index contributed by atoms with van der Waals surface area (Å²) in [5, 5.41) is 0. The third-order valence-corrected chi connectivity index (χ3v) is 5.27. The van der Waals surface area contributed by atoms with E-state index in [1.54, 1.807) is 36.4 Å². The van der Waals surface area contributed by atoms with Gasteiger partial charge in [-0.1, -0.05) is 33.6 Å². The number of aryl methyl sites for hydroxylation is 1. The smallest absolute Gasteiger partial charge is 0.261 e. The van der Waals surface area contributed by atoms with E-state index in [9.17, 15) is 8.42 Å². The largest absolute Gasteiger partial charge is 0.279 e. The Bertz CT molecular complexity index is 699. The average molecular weight is 452 g/mol. The Hall–Kier alpha value is -0.600. The highest BCUT2D eigenvalue weighted by Crippen LogP contribution is 2.25. The first-order chi connectivity index (χ1) is 8.88.